The number of nitrogens with one attached hydrogen (secondary N) is 1. The lowest BCUT2D eigenvalue weighted by atomic mass is 9.88. The molecule has 1 aliphatic heterocycles. The SMILES string of the molecule is COc1cccc2c1CCNC2c1ccc(C)c(F)c1F. The third kappa shape index (κ3) is 2.29. The molecule has 21 heavy (non-hydrogen) atoms. The monoisotopic (exact) mass is 289 g/mol. The van der Waals surface area contributed by atoms with Crippen molar-refractivity contribution in [3.05, 3.63) is 64.2 Å². The van der Waals surface area contributed by atoms with Crippen molar-refractivity contribution in [1.82, 2.24) is 5.32 Å². The van der Waals surface area contributed by atoms with Crippen LogP contribution in [0.2, 0.25) is 0 Å². The molecular formula is C17H17F2NO. The van der Waals surface area contributed by atoms with E-state index in [4.69, 9.17) is 4.74 Å². The second-order valence-corrected chi connectivity index (χ2v) is 5.26. The van der Waals surface area contributed by atoms with Gasteiger partial charge in [0.05, 0.1) is 13.2 Å². The van der Waals surface area contributed by atoms with E-state index in [1.54, 1.807) is 26.2 Å². The van der Waals surface area contributed by atoms with E-state index in [-0.39, 0.29) is 6.04 Å². The van der Waals surface area contributed by atoms with Gasteiger partial charge in [0.15, 0.2) is 11.6 Å². The van der Waals surface area contributed by atoms with Gasteiger partial charge in [-0.05, 0) is 30.5 Å². The lowest BCUT2D eigenvalue weighted by Crippen LogP contribution is -2.31. The Morgan fingerprint density at radius 3 is 2.67 bits per heavy atom. The lowest BCUT2D eigenvalue weighted by molar-refractivity contribution is 0.402. The molecule has 2 nitrogen and oxygen atoms in total. The van der Waals surface area contributed by atoms with E-state index in [0.29, 0.717) is 17.7 Å². The van der Waals surface area contributed by atoms with Gasteiger partial charge in [-0.3, -0.25) is 0 Å². The highest BCUT2D eigenvalue weighted by Crippen LogP contribution is 2.35. The molecule has 0 saturated carbocycles. The van der Waals surface area contributed by atoms with Crippen molar-refractivity contribution in [1.29, 1.82) is 0 Å². The molecule has 0 bridgehead atoms. The van der Waals surface area contributed by atoms with E-state index in [9.17, 15) is 8.78 Å². The van der Waals surface area contributed by atoms with E-state index < -0.39 is 11.6 Å². The first-order chi connectivity index (χ1) is 10.1. The van der Waals surface area contributed by atoms with Crippen LogP contribution in [-0.2, 0) is 6.42 Å². The summed E-state index contributed by atoms with van der Waals surface area (Å²) >= 11 is 0. The Hall–Kier alpha value is -1.94. The molecular weight excluding hydrogens is 272 g/mol. The zero-order valence-electron chi connectivity index (χ0n) is 12.0. The van der Waals surface area contributed by atoms with Crippen molar-refractivity contribution >= 4 is 0 Å². The summed E-state index contributed by atoms with van der Waals surface area (Å²) in [7, 11) is 1.62. The molecule has 4 heteroatoms. The van der Waals surface area contributed by atoms with Gasteiger partial charge >= 0.3 is 0 Å². The molecule has 1 heterocycles. The summed E-state index contributed by atoms with van der Waals surface area (Å²) in [6, 6.07) is 8.63. The smallest absolute Gasteiger partial charge is 0.164 e. The largest absolute Gasteiger partial charge is 0.496 e. The molecule has 1 aliphatic rings. The van der Waals surface area contributed by atoms with Crippen LogP contribution in [0.25, 0.3) is 0 Å². The van der Waals surface area contributed by atoms with E-state index >= 15 is 0 Å². The van der Waals surface area contributed by atoms with Gasteiger partial charge in [0.1, 0.15) is 5.75 Å². The van der Waals surface area contributed by atoms with Crippen LogP contribution in [0.3, 0.4) is 0 Å². The number of methoxy groups -OCH3 is 1. The normalized spacial score (nSPS) is 17.4. The van der Waals surface area contributed by atoms with Crippen molar-refractivity contribution in [2.75, 3.05) is 13.7 Å². The Morgan fingerprint density at radius 2 is 1.90 bits per heavy atom. The lowest BCUT2D eigenvalue weighted by Gasteiger charge is -2.29. The number of benzene rings is 2. The van der Waals surface area contributed by atoms with Crippen molar-refractivity contribution < 1.29 is 13.5 Å². The average molecular weight is 289 g/mol. The molecule has 2 aromatic rings. The molecule has 2 aromatic carbocycles. The van der Waals surface area contributed by atoms with Gasteiger partial charge in [0, 0.05) is 17.7 Å². The van der Waals surface area contributed by atoms with Gasteiger partial charge in [0.2, 0.25) is 0 Å². The third-order valence-electron chi connectivity index (χ3n) is 4.04. The molecule has 0 fully saturated rings. The van der Waals surface area contributed by atoms with E-state index in [1.807, 2.05) is 18.2 Å². The van der Waals surface area contributed by atoms with Crippen LogP contribution in [0, 0.1) is 18.6 Å². The van der Waals surface area contributed by atoms with Gasteiger partial charge < -0.3 is 10.1 Å². The fourth-order valence-electron chi connectivity index (χ4n) is 2.92. The first-order valence-corrected chi connectivity index (χ1v) is 6.97. The Balaban J connectivity index is 2.13. The Morgan fingerprint density at radius 1 is 1.10 bits per heavy atom. The maximum atomic E-state index is 14.3. The number of fused-ring (bicyclic) bond motifs is 1. The van der Waals surface area contributed by atoms with E-state index in [2.05, 4.69) is 5.32 Å². The van der Waals surface area contributed by atoms with Crippen molar-refractivity contribution in [3.8, 4) is 5.75 Å². The minimum Gasteiger partial charge on any atom is -0.496 e. The molecule has 0 aliphatic carbocycles. The minimum absolute atomic E-state index is 0.318. The van der Waals surface area contributed by atoms with Gasteiger partial charge in [-0.2, -0.15) is 0 Å². The molecule has 0 radical (unpaired) electrons. The van der Waals surface area contributed by atoms with Crippen LogP contribution in [-0.4, -0.2) is 13.7 Å². The molecule has 1 N–H and O–H groups in total. The number of rotatable bonds is 2. The van der Waals surface area contributed by atoms with Gasteiger partial charge in [-0.1, -0.05) is 24.3 Å². The molecule has 110 valence electrons. The molecule has 1 unspecified atom stereocenters. The quantitative estimate of drug-likeness (QED) is 0.913. The highest BCUT2D eigenvalue weighted by atomic mass is 19.2. The van der Waals surface area contributed by atoms with Crippen LogP contribution in [0.15, 0.2) is 30.3 Å². The summed E-state index contributed by atoms with van der Waals surface area (Å²) < 4.78 is 33.5. The Labute approximate surface area is 122 Å². The molecule has 3 rings (SSSR count). The summed E-state index contributed by atoms with van der Waals surface area (Å²) in [4.78, 5) is 0. The van der Waals surface area contributed by atoms with Crippen molar-refractivity contribution in [3.63, 3.8) is 0 Å². The van der Waals surface area contributed by atoms with Crippen LogP contribution in [0.4, 0.5) is 8.78 Å². The van der Waals surface area contributed by atoms with Crippen LogP contribution in [0.5, 0.6) is 5.75 Å². The number of hydrogen-bond acceptors (Lipinski definition) is 2. The van der Waals surface area contributed by atoms with E-state index in [1.165, 1.54) is 0 Å². The summed E-state index contributed by atoms with van der Waals surface area (Å²) in [5.74, 6) is -0.750. The van der Waals surface area contributed by atoms with Gasteiger partial charge in [0.25, 0.3) is 0 Å². The van der Waals surface area contributed by atoms with Crippen LogP contribution in [0.1, 0.15) is 28.3 Å². The number of aryl methyl sites for hydroxylation is 1. The fraction of sp³-hybridized carbons (Fsp3) is 0.294. The summed E-state index contributed by atoms with van der Waals surface area (Å²) in [6.45, 7) is 2.26. The molecule has 1 atom stereocenters. The summed E-state index contributed by atoms with van der Waals surface area (Å²) in [5.41, 5.74) is 2.66. The first-order valence-electron chi connectivity index (χ1n) is 6.97. The topological polar surface area (TPSA) is 21.3 Å². The molecule has 0 aromatic heterocycles. The standard InChI is InChI=1S/C17H17F2NO/c1-10-6-7-13(16(19)15(10)18)17-12-4-3-5-14(21-2)11(12)8-9-20-17/h3-7,17,20H,8-9H2,1-2H3. The maximum absolute atomic E-state index is 14.3. The third-order valence-corrected chi connectivity index (χ3v) is 4.04. The Kier molecular flexibility index (Phi) is 3.64. The van der Waals surface area contributed by atoms with Crippen LogP contribution < -0.4 is 10.1 Å². The molecule has 0 spiro atoms. The van der Waals surface area contributed by atoms with E-state index in [0.717, 1.165) is 23.3 Å². The van der Waals surface area contributed by atoms with Gasteiger partial charge in [-0.25, -0.2) is 8.78 Å². The minimum atomic E-state index is -0.775. The number of halogens is 2. The average Bonchev–Trinajstić information content (AvgIpc) is 2.52. The summed E-state index contributed by atoms with van der Waals surface area (Å²) in [5, 5.41) is 3.27. The number of hydrogen-bond donors (Lipinski definition) is 1. The predicted octanol–water partition coefficient (Wildman–Crippen LogP) is 3.52. The highest BCUT2D eigenvalue weighted by Gasteiger charge is 2.27. The fourth-order valence-corrected chi connectivity index (χ4v) is 2.92. The summed E-state index contributed by atoms with van der Waals surface area (Å²) in [6.07, 6.45) is 0.811. The zero-order chi connectivity index (χ0) is 15.0. The first kappa shape index (κ1) is 14.0. The van der Waals surface area contributed by atoms with Gasteiger partial charge in [-0.15, -0.1) is 0 Å². The Bertz CT molecular complexity index is 685. The highest BCUT2D eigenvalue weighted by molar-refractivity contribution is 5.47. The number of ether oxygens (including phenoxy) is 1. The second-order valence-electron chi connectivity index (χ2n) is 5.26. The molecule has 0 amide bonds. The maximum Gasteiger partial charge on any atom is 0.164 e. The van der Waals surface area contributed by atoms with Crippen molar-refractivity contribution in [2.24, 2.45) is 0 Å². The van der Waals surface area contributed by atoms with Crippen LogP contribution >= 0.6 is 0 Å². The second kappa shape index (κ2) is 5.45. The zero-order valence-corrected chi connectivity index (χ0v) is 12.0. The van der Waals surface area contributed by atoms with Crippen molar-refractivity contribution in [2.45, 2.75) is 19.4 Å². The predicted molar refractivity (Wildman–Crippen MR) is 77.6 cm³/mol. The molecule has 0 saturated heterocycles.